The third kappa shape index (κ3) is 1.68. The van der Waals surface area contributed by atoms with Gasteiger partial charge < -0.3 is 0 Å². The summed E-state index contributed by atoms with van der Waals surface area (Å²) in [7, 11) is 1.64. The van der Waals surface area contributed by atoms with Crippen molar-refractivity contribution in [3.8, 4) is 0 Å². The number of aromatic nitrogens is 5. The summed E-state index contributed by atoms with van der Waals surface area (Å²) < 4.78 is 3.06. The molecule has 0 fully saturated rings. The first-order valence-corrected chi connectivity index (χ1v) is 4.92. The summed E-state index contributed by atoms with van der Waals surface area (Å²) in [5.74, 6) is 0. The molecule has 0 unspecified atom stereocenters. The van der Waals surface area contributed by atoms with Gasteiger partial charge in [-0.2, -0.15) is 5.10 Å². The van der Waals surface area contributed by atoms with Gasteiger partial charge in [-0.05, 0) is 11.6 Å². The van der Waals surface area contributed by atoms with Gasteiger partial charge >= 0.3 is 5.69 Å². The van der Waals surface area contributed by atoms with Crippen LogP contribution in [0.15, 0.2) is 11.1 Å². The maximum Gasteiger partial charge on any atom is 0.345 e. The number of hydrogen-bond donors (Lipinski definition) is 0. The monoisotopic (exact) mass is 231 g/mol. The Bertz CT molecular complexity index is 500. The summed E-state index contributed by atoms with van der Waals surface area (Å²) in [4.78, 5) is 11.4. The molecule has 0 amide bonds. The molecule has 0 aliphatic heterocycles. The second-order valence-corrected chi connectivity index (χ2v) is 4.28. The highest BCUT2D eigenvalue weighted by molar-refractivity contribution is 7.15. The molecule has 0 saturated carbocycles. The van der Waals surface area contributed by atoms with E-state index in [1.807, 2.05) is 0 Å². The number of aryl methyl sites for hydroxylation is 1. The Hall–Kier alpha value is -1.21. The molecule has 6 nitrogen and oxygen atoms in total. The average molecular weight is 232 g/mol. The Morgan fingerprint density at radius 2 is 2.36 bits per heavy atom. The summed E-state index contributed by atoms with van der Waals surface area (Å²) in [6.07, 6.45) is 1.45. The van der Waals surface area contributed by atoms with E-state index in [1.165, 1.54) is 26.9 Å². The predicted octanol–water partition coefficient (Wildman–Crippen LogP) is 0.135. The molecule has 0 N–H and O–H groups in total. The molecule has 0 saturated heterocycles. The van der Waals surface area contributed by atoms with E-state index in [1.54, 1.807) is 7.05 Å². The van der Waals surface area contributed by atoms with E-state index >= 15 is 0 Å². The molecular formula is C6H6ClN5OS. The maximum atomic E-state index is 11.4. The van der Waals surface area contributed by atoms with Crippen LogP contribution in [0.3, 0.4) is 0 Å². The van der Waals surface area contributed by atoms with Gasteiger partial charge in [-0.1, -0.05) is 11.3 Å². The molecule has 2 aromatic rings. The van der Waals surface area contributed by atoms with Crippen molar-refractivity contribution in [3.05, 3.63) is 26.3 Å². The van der Waals surface area contributed by atoms with Gasteiger partial charge in [0.1, 0.15) is 17.9 Å². The summed E-state index contributed by atoms with van der Waals surface area (Å²) in [5, 5.41) is 12.0. The summed E-state index contributed by atoms with van der Waals surface area (Å²) in [6, 6.07) is 0. The second kappa shape index (κ2) is 3.50. The van der Waals surface area contributed by atoms with E-state index in [9.17, 15) is 4.79 Å². The lowest BCUT2D eigenvalue weighted by Crippen LogP contribution is -2.23. The smallest absolute Gasteiger partial charge is 0.285 e. The fourth-order valence-electron chi connectivity index (χ4n) is 0.954. The SMILES string of the molecule is Cn1cnn(Cc2nnc(Cl)s2)c1=O. The van der Waals surface area contributed by atoms with Crippen LogP contribution in [0.2, 0.25) is 4.47 Å². The zero-order chi connectivity index (χ0) is 10.1. The highest BCUT2D eigenvalue weighted by Gasteiger charge is 2.06. The molecule has 0 aromatic carbocycles. The van der Waals surface area contributed by atoms with E-state index in [0.717, 1.165) is 0 Å². The first-order chi connectivity index (χ1) is 6.66. The van der Waals surface area contributed by atoms with Gasteiger partial charge in [-0.3, -0.25) is 4.57 Å². The zero-order valence-electron chi connectivity index (χ0n) is 7.21. The first kappa shape index (κ1) is 9.35. The van der Waals surface area contributed by atoms with Crippen molar-refractivity contribution in [1.82, 2.24) is 24.5 Å². The molecule has 14 heavy (non-hydrogen) atoms. The van der Waals surface area contributed by atoms with Crippen LogP contribution in [0.25, 0.3) is 0 Å². The van der Waals surface area contributed by atoms with Crippen molar-refractivity contribution in [1.29, 1.82) is 0 Å². The zero-order valence-corrected chi connectivity index (χ0v) is 8.79. The topological polar surface area (TPSA) is 65.6 Å². The van der Waals surface area contributed by atoms with E-state index in [4.69, 9.17) is 11.6 Å². The van der Waals surface area contributed by atoms with E-state index in [2.05, 4.69) is 15.3 Å². The van der Waals surface area contributed by atoms with Crippen LogP contribution >= 0.6 is 22.9 Å². The van der Waals surface area contributed by atoms with Crippen LogP contribution in [0.4, 0.5) is 0 Å². The van der Waals surface area contributed by atoms with Crippen LogP contribution in [0.1, 0.15) is 5.01 Å². The molecule has 8 heteroatoms. The first-order valence-electron chi connectivity index (χ1n) is 3.73. The van der Waals surface area contributed by atoms with Gasteiger partial charge in [0.15, 0.2) is 0 Å². The minimum absolute atomic E-state index is 0.184. The largest absolute Gasteiger partial charge is 0.345 e. The Labute approximate surface area is 87.8 Å². The lowest BCUT2D eigenvalue weighted by molar-refractivity contribution is 0.639. The maximum absolute atomic E-state index is 11.4. The van der Waals surface area contributed by atoms with Crippen LogP contribution in [-0.2, 0) is 13.6 Å². The fourth-order valence-corrected chi connectivity index (χ4v) is 1.80. The third-order valence-corrected chi connectivity index (χ3v) is 2.62. The normalized spacial score (nSPS) is 10.7. The second-order valence-electron chi connectivity index (χ2n) is 2.63. The fraction of sp³-hybridized carbons (Fsp3) is 0.333. The van der Waals surface area contributed by atoms with Gasteiger partial charge in [0.25, 0.3) is 0 Å². The molecule has 0 aliphatic carbocycles. The van der Waals surface area contributed by atoms with Gasteiger partial charge in [0.2, 0.25) is 4.47 Å². The molecule has 2 heterocycles. The molecule has 0 aliphatic rings. The van der Waals surface area contributed by atoms with Crippen molar-refractivity contribution >= 4 is 22.9 Å². The molecular weight excluding hydrogens is 226 g/mol. The number of hydrogen-bond acceptors (Lipinski definition) is 5. The third-order valence-electron chi connectivity index (χ3n) is 1.61. The van der Waals surface area contributed by atoms with E-state index in [-0.39, 0.29) is 5.69 Å². The number of rotatable bonds is 2. The van der Waals surface area contributed by atoms with Crippen molar-refractivity contribution in [2.45, 2.75) is 6.54 Å². The minimum Gasteiger partial charge on any atom is -0.285 e. The van der Waals surface area contributed by atoms with Crippen molar-refractivity contribution in [3.63, 3.8) is 0 Å². The molecule has 2 aromatic heterocycles. The molecule has 0 spiro atoms. The minimum atomic E-state index is -0.184. The van der Waals surface area contributed by atoms with Crippen LogP contribution in [-0.4, -0.2) is 24.5 Å². The number of halogens is 1. The number of nitrogens with zero attached hydrogens (tertiary/aromatic N) is 5. The van der Waals surface area contributed by atoms with Crippen LogP contribution in [0, 0.1) is 0 Å². The van der Waals surface area contributed by atoms with Gasteiger partial charge in [-0.15, -0.1) is 10.2 Å². The van der Waals surface area contributed by atoms with Crippen LogP contribution in [0.5, 0.6) is 0 Å². The Morgan fingerprint density at radius 1 is 1.57 bits per heavy atom. The Kier molecular flexibility index (Phi) is 2.34. The highest BCUT2D eigenvalue weighted by atomic mass is 35.5. The lowest BCUT2D eigenvalue weighted by Gasteiger charge is -1.92. The van der Waals surface area contributed by atoms with Crippen LogP contribution < -0.4 is 5.69 Å². The molecule has 0 radical (unpaired) electrons. The summed E-state index contributed by atoms with van der Waals surface area (Å²) in [6.45, 7) is 0.310. The van der Waals surface area contributed by atoms with Gasteiger partial charge in [-0.25, -0.2) is 9.48 Å². The molecule has 74 valence electrons. The van der Waals surface area contributed by atoms with Crippen molar-refractivity contribution in [2.75, 3.05) is 0 Å². The van der Waals surface area contributed by atoms with Gasteiger partial charge in [0.05, 0.1) is 0 Å². The average Bonchev–Trinajstić information content (AvgIpc) is 2.67. The lowest BCUT2D eigenvalue weighted by atomic mass is 10.7. The predicted molar refractivity (Wildman–Crippen MR) is 51.5 cm³/mol. The standard InChI is InChI=1S/C6H6ClN5OS/c1-11-3-8-12(6(11)13)2-4-9-10-5(7)14-4/h3H,2H2,1H3. The molecule has 2 rings (SSSR count). The Balaban J connectivity index is 2.27. The molecule has 0 atom stereocenters. The summed E-state index contributed by atoms with van der Waals surface area (Å²) >= 11 is 6.84. The van der Waals surface area contributed by atoms with E-state index in [0.29, 0.717) is 16.0 Å². The Morgan fingerprint density at radius 3 is 2.86 bits per heavy atom. The highest BCUT2D eigenvalue weighted by Crippen LogP contribution is 2.14. The summed E-state index contributed by atoms with van der Waals surface area (Å²) in [5.41, 5.74) is -0.184. The van der Waals surface area contributed by atoms with Crippen molar-refractivity contribution in [2.24, 2.45) is 7.05 Å². The van der Waals surface area contributed by atoms with Crippen molar-refractivity contribution < 1.29 is 0 Å². The van der Waals surface area contributed by atoms with E-state index < -0.39 is 0 Å². The van der Waals surface area contributed by atoms with Gasteiger partial charge in [0, 0.05) is 7.05 Å². The molecule has 0 bridgehead atoms. The quantitative estimate of drug-likeness (QED) is 0.737.